The van der Waals surface area contributed by atoms with E-state index in [4.69, 9.17) is 0 Å². The first kappa shape index (κ1) is 18.3. The third-order valence-electron chi connectivity index (χ3n) is 3.82. The minimum Gasteiger partial charge on any atom is -0.325 e. The molecule has 3 aromatic rings. The Kier molecular flexibility index (Phi) is 5.52. The Bertz CT molecular complexity index is 924. The maximum Gasteiger partial charge on any atom is 0.418 e. The van der Waals surface area contributed by atoms with E-state index < -0.39 is 17.6 Å². The predicted molar refractivity (Wildman–Crippen MR) is 100 cm³/mol. The summed E-state index contributed by atoms with van der Waals surface area (Å²) in [7, 11) is 0. The number of fused-ring (bicyclic) bond motifs is 1. The van der Waals surface area contributed by atoms with Gasteiger partial charge in [0.15, 0.2) is 0 Å². The quantitative estimate of drug-likeness (QED) is 0.617. The van der Waals surface area contributed by atoms with Gasteiger partial charge in [0, 0.05) is 5.75 Å². The van der Waals surface area contributed by atoms with E-state index in [9.17, 15) is 18.0 Å². The van der Waals surface area contributed by atoms with Gasteiger partial charge in [-0.3, -0.25) is 4.79 Å². The lowest BCUT2D eigenvalue weighted by Gasteiger charge is -2.13. The van der Waals surface area contributed by atoms with Gasteiger partial charge >= 0.3 is 6.18 Å². The Morgan fingerprint density at radius 2 is 1.62 bits per heavy atom. The van der Waals surface area contributed by atoms with Crippen molar-refractivity contribution >= 4 is 34.1 Å². The van der Waals surface area contributed by atoms with Gasteiger partial charge < -0.3 is 5.32 Å². The van der Waals surface area contributed by atoms with Crippen LogP contribution < -0.4 is 5.32 Å². The second-order valence-electron chi connectivity index (χ2n) is 5.77. The number of benzene rings is 3. The van der Waals surface area contributed by atoms with Crippen LogP contribution in [0.2, 0.25) is 0 Å². The Morgan fingerprint density at radius 3 is 2.38 bits per heavy atom. The number of rotatable bonds is 5. The Balaban J connectivity index is 1.58. The minimum atomic E-state index is -4.50. The average Bonchev–Trinajstić information content (AvgIpc) is 2.61. The fourth-order valence-electron chi connectivity index (χ4n) is 2.62. The molecule has 0 aliphatic rings. The van der Waals surface area contributed by atoms with Crippen molar-refractivity contribution in [2.75, 3.05) is 11.1 Å². The molecule has 0 aliphatic carbocycles. The summed E-state index contributed by atoms with van der Waals surface area (Å²) in [5.41, 5.74) is 0.0152. The fraction of sp³-hybridized carbons (Fsp3) is 0.150. The number of thioether (sulfide) groups is 1. The molecule has 0 fully saturated rings. The van der Waals surface area contributed by atoms with Crippen LogP contribution in [0.3, 0.4) is 0 Å². The second kappa shape index (κ2) is 7.83. The zero-order chi connectivity index (χ0) is 18.6. The summed E-state index contributed by atoms with van der Waals surface area (Å²) in [5, 5.41) is 4.61. The molecular formula is C20H16F3NOS. The summed E-state index contributed by atoms with van der Waals surface area (Å²) in [6.07, 6.45) is -4.50. The Labute approximate surface area is 153 Å². The van der Waals surface area contributed by atoms with E-state index in [0.717, 1.165) is 22.4 Å². The molecule has 0 saturated heterocycles. The molecule has 0 spiro atoms. The van der Waals surface area contributed by atoms with Crippen LogP contribution in [0.4, 0.5) is 18.9 Å². The van der Waals surface area contributed by atoms with Gasteiger partial charge in [-0.05, 0) is 28.5 Å². The van der Waals surface area contributed by atoms with Gasteiger partial charge in [-0.2, -0.15) is 13.2 Å². The van der Waals surface area contributed by atoms with Crippen molar-refractivity contribution in [1.82, 2.24) is 0 Å². The van der Waals surface area contributed by atoms with Crippen molar-refractivity contribution in [1.29, 1.82) is 0 Å². The van der Waals surface area contributed by atoms with Crippen LogP contribution in [-0.2, 0) is 16.7 Å². The third-order valence-corrected chi connectivity index (χ3v) is 4.83. The molecule has 0 aromatic heterocycles. The summed E-state index contributed by atoms with van der Waals surface area (Å²) in [6.45, 7) is 0. The number of para-hydroxylation sites is 1. The molecule has 0 radical (unpaired) electrons. The van der Waals surface area contributed by atoms with E-state index in [1.807, 2.05) is 36.4 Å². The molecule has 1 amide bonds. The summed E-state index contributed by atoms with van der Waals surface area (Å²) in [6, 6.07) is 19.0. The first-order valence-electron chi connectivity index (χ1n) is 7.95. The van der Waals surface area contributed by atoms with Gasteiger partial charge in [0.2, 0.25) is 5.91 Å². The predicted octanol–water partition coefficient (Wildman–Crippen LogP) is 5.73. The van der Waals surface area contributed by atoms with Crippen LogP contribution in [0, 0.1) is 0 Å². The maximum atomic E-state index is 12.9. The Hall–Kier alpha value is -2.47. The monoisotopic (exact) mass is 375 g/mol. The molecule has 0 atom stereocenters. The number of anilines is 1. The molecule has 0 unspecified atom stereocenters. The van der Waals surface area contributed by atoms with Crippen molar-refractivity contribution in [2.45, 2.75) is 11.9 Å². The van der Waals surface area contributed by atoms with Crippen LogP contribution in [0.15, 0.2) is 66.7 Å². The van der Waals surface area contributed by atoms with Crippen molar-refractivity contribution < 1.29 is 18.0 Å². The van der Waals surface area contributed by atoms with E-state index in [-0.39, 0.29) is 11.4 Å². The van der Waals surface area contributed by atoms with Gasteiger partial charge in [-0.15, -0.1) is 11.8 Å². The normalized spacial score (nSPS) is 11.5. The molecule has 6 heteroatoms. The van der Waals surface area contributed by atoms with E-state index in [2.05, 4.69) is 11.4 Å². The highest BCUT2D eigenvalue weighted by Gasteiger charge is 2.33. The molecule has 0 bridgehead atoms. The van der Waals surface area contributed by atoms with Crippen LogP contribution in [0.1, 0.15) is 11.1 Å². The lowest BCUT2D eigenvalue weighted by Crippen LogP contribution is -2.18. The summed E-state index contributed by atoms with van der Waals surface area (Å²) < 4.78 is 38.8. The fourth-order valence-corrected chi connectivity index (χ4v) is 3.39. The van der Waals surface area contributed by atoms with Crippen molar-refractivity contribution in [3.8, 4) is 0 Å². The molecule has 0 aliphatic heterocycles. The number of halogens is 3. The zero-order valence-electron chi connectivity index (χ0n) is 13.7. The average molecular weight is 375 g/mol. The highest BCUT2D eigenvalue weighted by atomic mass is 32.2. The molecule has 3 rings (SSSR count). The summed E-state index contributed by atoms with van der Waals surface area (Å²) >= 11 is 1.36. The number of alkyl halides is 3. The lowest BCUT2D eigenvalue weighted by molar-refractivity contribution is -0.137. The van der Waals surface area contributed by atoms with Crippen LogP contribution in [0.5, 0.6) is 0 Å². The molecule has 134 valence electrons. The van der Waals surface area contributed by atoms with Gasteiger partial charge in [-0.25, -0.2) is 0 Å². The molecule has 2 nitrogen and oxygen atoms in total. The van der Waals surface area contributed by atoms with E-state index in [1.54, 1.807) is 0 Å². The zero-order valence-corrected chi connectivity index (χ0v) is 14.5. The molecule has 0 heterocycles. The number of carbonyl (C=O) groups excluding carboxylic acids is 1. The van der Waals surface area contributed by atoms with Crippen LogP contribution in [-0.4, -0.2) is 11.7 Å². The van der Waals surface area contributed by atoms with E-state index >= 15 is 0 Å². The van der Waals surface area contributed by atoms with Crippen LogP contribution >= 0.6 is 11.8 Å². The Morgan fingerprint density at radius 1 is 0.923 bits per heavy atom. The lowest BCUT2D eigenvalue weighted by atomic mass is 10.1. The van der Waals surface area contributed by atoms with E-state index in [1.165, 1.54) is 30.0 Å². The SMILES string of the molecule is O=C(CSCc1ccc2ccccc2c1)Nc1ccccc1C(F)(F)F. The van der Waals surface area contributed by atoms with Crippen molar-refractivity contribution in [2.24, 2.45) is 0 Å². The first-order chi connectivity index (χ1) is 12.4. The maximum absolute atomic E-state index is 12.9. The number of hydrogen-bond donors (Lipinski definition) is 1. The smallest absolute Gasteiger partial charge is 0.325 e. The summed E-state index contributed by atoms with van der Waals surface area (Å²) in [4.78, 5) is 12.0. The number of hydrogen-bond acceptors (Lipinski definition) is 2. The van der Waals surface area contributed by atoms with Crippen LogP contribution in [0.25, 0.3) is 10.8 Å². The largest absolute Gasteiger partial charge is 0.418 e. The van der Waals surface area contributed by atoms with Crippen molar-refractivity contribution in [3.63, 3.8) is 0 Å². The molecule has 26 heavy (non-hydrogen) atoms. The van der Waals surface area contributed by atoms with E-state index in [0.29, 0.717) is 5.75 Å². The molecule has 1 N–H and O–H groups in total. The highest BCUT2D eigenvalue weighted by Crippen LogP contribution is 2.34. The molecule has 0 saturated carbocycles. The van der Waals surface area contributed by atoms with Gasteiger partial charge in [0.1, 0.15) is 0 Å². The topological polar surface area (TPSA) is 29.1 Å². The van der Waals surface area contributed by atoms with Crippen molar-refractivity contribution in [3.05, 3.63) is 77.9 Å². The minimum absolute atomic E-state index is 0.0824. The number of nitrogens with one attached hydrogen (secondary N) is 1. The number of amides is 1. The first-order valence-corrected chi connectivity index (χ1v) is 9.10. The van der Waals surface area contributed by atoms with Gasteiger partial charge in [0.25, 0.3) is 0 Å². The molecular weight excluding hydrogens is 359 g/mol. The van der Waals surface area contributed by atoms with Gasteiger partial charge in [-0.1, -0.05) is 54.6 Å². The highest BCUT2D eigenvalue weighted by molar-refractivity contribution is 7.99. The number of carbonyl (C=O) groups is 1. The second-order valence-corrected chi connectivity index (χ2v) is 6.75. The molecule has 3 aromatic carbocycles. The third kappa shape index (κ3) is 4.58. The van der Waals surface area contributed by atoms with Gasteiger partial charge in [0.05, 0.1) is 17.0 Å². The standard InChI is InChI=1S/C20H16F3NOS/c21-20(22,23)17-7-3-4-8-18(17)24-19(25)13-26-12-14-9-10-15-5-1-2-6-16(15)11-14/h1-11H,12-13H2,(H,24,25). The summed E-state index contributed by atoms with van der Waals surface area (Å²) in [5.74, 6) is 0.241.